The number of ether oxygens (including phenoxy) is 1. The quantitative estimate of drug-likeness (QED) is 0.944. The molecule has 4 nitrogen and oxygen atoms in total. The predicted molar refractivity (Wildman–Crippen MR) is 82.8 cm³/mol. The molecular weight excluding hydrogens is 286 g/mol. The van der Waals surface area contributed by atoms with Crippen LogP contribution in [0.3, 0.4) is 0 Å². The molecule has 0 spiro atoms. The first-order chi connectivity index (χ1) is 9.75. The van der Waals surface area contributed by atoms with Crippen LogP contribution in [-0.4, -0.2) is 8.42 Å². The fraction of sp³-hybridized carbons (Fsp3) is 0.250. The third kappa shape index (κ3) is 4.06. The summed E-state index contributed by atoms with van der Waals surface area (Å²) in [6.07, 6.45) is 0. The van der Waals surface area contributed by atoms with Crippen LogP contribution >= 0.6 is 0 Å². The van der Waals surface area contributed by atoms with Crippen LogP contribution in [0.25, 0.3) is 0 Å². The van der Waals surface area contributed by atoms with E-state index < -0.39 is 10.0 Å². The lowest BCUT2D eigenvalue weighted by atomic mass is 10.1. The molecule has 0 radical (unpaired) electrons. The third-order valence-electron chi connectivity index (χ3n) is 3.15. The van der Waals surface area contributed by atoms with Gasteiger partial charge in [0.15, 0.2) is 0 Å². The van der Waals surface area contributed by atoms with Gasteiger partial charge in [-0.05, 0) is 50.1 Å². The van der Waals surface area contributed by atoms with Crippen LogP contribution in [0.2, 0.25) is 0 Å². The van der Waals surface area contributed by atoms with Crippen LogP contribution in [-0.2, 0) is 16.6 Å². The van der Waals surface area contributed by atoms with E-state index in [9.17, 15) is 8.42 Å². The predicted octanol–water partition coefficient (Wildman–Crippen LogP) is 2.84. The van der Waals surface area contributed by atoms with Crippen molar-refractivity contribution in [2.24, 2.45) is 5.14 Å². The molecule has 0 aliphatic carbocycles. The molecule has 0 aliphatic heterocycles. The van der Waals surface area contributed by atoms with E-state index in [1.54, 1.807) is 13.0 Å². The van der Waals surface area contributed by atoms with Crippen molar-refractivity contribution in [2.45, 2.75) is 32.3 Å². The summed E-state index contributed by atoms with van der Waals surface area (Å²) in [4.78, 5) is 0.0961. The molecule has 2 rings (SSSR count). The summed E-state index contributed by atoms with van der Waals surface area (Å²) in [7, 11) is -3.68. The van der Waals surface area contributed by atoms with Crippen molar-refractivity contribution in [3.63, 3.8) is 0 Å². The molecular formula is C16H19NO3S. The molecule has 0 aromatic heterocycles. The van der Waals surface area contributed by atoms with Gasteiger partial charge in [0.25, 0.3) is 0 Å². The Bertz CT molecular complexity index is 747. The van der Waals surface area contributed by atoms with Gasteiger partial charge in [-0.25, -0.2) is 13.6 Å². The fourth-order valence-electron chi connectivity index (χ4n) is 2.27. The molecule has 0 amide bonds. The zero-order valence-corrected chi connectivity index (χ0v) is 13.2. The maximum atomic E-state index is 11.3. The van der Waals surface area contributed by atoms with E-state index in [1.807, 2.05) is 13.8 Å². The molecule has 0 fully saturated rings. The molecule has 0 saturated carbocycles. The summed E-state index contributed by atoms with van der Waals surface area (Å²) >= 11 is 0. The van der Waals surface area contributed by atoms with Gasteiger partial charge in [-0.15, -0.1) is 0 Å². The average Bonchev–Trinajstić information content (AvgIpc) is 2.35. The Hall–Kier alpha value is -1.85. The summed E-state index contributed by atoms with van der Waals surface area (Å²) in [6.45, 7) is 6.33. The number of hydrogen-bond acceptors (Lipinski definition) is 3. The van der Waals surface area contributed by atoms with Gasteiger partial charge in [-0.1, -0.05) is 29.3 Å². The van der Waals surface area contributed by atoms with Gasteiger partial charge in [-0.2, -0.15) is 0 Å². The topological polar surface area (TPSA) is 69.4 Å². The van der Waals surface area contributed by atoms with Gasteiger partial charge in [-0.3, -0.25) is 0 Å². The van der Waals surface area contributed by atoms with E-state index in [4.69, 9.17) is 9.88 Å². The van der Waals surface area contributed by atoms with Crippen LogP contribution in [0.5, 0.6) is 5.75 Å². The van der Waals surface area contributed by atoms with E-state index in [2.05, 4.69) is 18.2 Å². The molecule has 2 aromatic carbocycles. The molecule has 0 aliphatic rings. The first kappa shape index (κ1) is 15.5. The molecule has 5 heteroatoms. The molecule has 0 heterocycles. The summed E-state index contributed by atoms with van der Waals surface area (Å²) in [5, 5.41) is 5.11. The van der Waals surface area contributed by atoms with Crippen molar-refractivity contribution in [3.05, 3.63) is 58.7 Å². The van der Waals surface area contributed by atoms with Crippen molar-refractivity contribution >= 4 is 10.0 Å². The number of aryl methyl sites for hydroxylation is 3. The van der Waals surface area contributed by atoms with Crippen molar-refractivity contribution in [2.75, 3.05) is 0 Å². The summed E-state index contributed by atoms with van der Waals surface area (Å²) < 4.78 is 28.3. The molecule has 2 N–H and O–H groups in total. The number of nitrogens with two attached hydrogens (primary N) is 1. The summed E-state index contributed by atoms with van der Waals surface area (Å²) in [5.41, 5.74) is 4.21. The minimum absolute atomic E-state index is 0.0961. The molecule has 0 unspecified atom stereocenters. The van der Waals surface area contributed by atoms with Crippen LogP contribution in [0.1, 0.15) is 22.3 Å². The largest absolute Gasteiger partial charge is 0.489 e. The van der Waals surface area contributed by atoms with Crippen molar-refractivity contribution in [3.8, 4) is 5.75 Å². The van der Waals surface area contributed by atoms with E-state index in [0.717, 1.165) is 11.1 Å². The first-order valence-electron chi connectivity index (χ1n) is 6.59. The van der Waals surface area contributed by atoms with Crippen LogP contribution in [0, 0.1) is 20.8 Å². The Morgan fingerprint density at radius 1 is 1.00 bits per heavy atom. The number of rotatable bonds is 4. The Balaban J connectivity index is 2.17. The zero-order valence-electron chi connectivity index (χ0n) is 12.4. The van der Waals surface area contributed by atoms with E-state index >= 15 is 0 Å². The monoisotopic (exact) mass is 305 g/mol. The zero-order chi connectivity index (χ0) is 15.6. The van der Waals surface area contributed by atoms with Crippen LogP contribution < -0.4 is 9.88 Å². The van der Waals surface area contributed by atoms with Gasteiger partial charge in [0.2, 0.25) is 10.0 Å². The second-order valence-electron chi connectivity index (χ2n) is 5.26. The Labute approximate surface area is 125 Å². The molecule has 0 bridgehead atoms. The molecule has 0 atom stereocenters. The molecule has 112 valence electrons. The normalized spacial score (nSPS) is 11.4. The lowest BCUT2D eigenvalue weighted by molar-refractivity contribution is 0.303. The number of hydrogen-bond donors (Lipinski definition) is 1. The smallest absolute Gasteiger partial charge is 0.238 e. The van der Waals surface area contributed by atoms with Gasteiger partial charge in [0.05, 0.1) is 4.90 Å². The Morgan fingerprint density at radius 3 is 2.14 bits per heavy atom. The van der Waals surface area contributed by atoms with Crippen LogP contribution in [0.15, 0.2) is 41.3 Å². The highest BCUT2D eigenvalue weighted by molar-refractivity contribution is 7.89. The molecule has 21 heavy (non-hydrogen) atoms. The van der Waals surface area contributed by atoms with Gasteiger partial charge in [0, 0.05) is 0 Å². The first-order valence-corrected chi connectivity index (χ1v) is 8.14. The van der Waals surface area contributed by atoms with Crippen molar-refractivity contribution in [1.82, 2.24) is 0 Å². The summed E-state index contributed by atoms with van der Waals surface area (Å²) in [5.74, 6) is 0.654. The van der Waals surface area contributed by atoms with Crippen LogP contribution in [0.4, 0.5) is 0 Å². The second kappa shape index (κ2) is 5.87. The highest BCUT2D eigenvalue weighted by Crippen LogP contribution is 2.22. The lowest BCUT2D eigenvalue weighted by Gasteiger charge is -2.11. The van der Waals surface area contributed by atoms with Crippen molar-refractivity contribution < 1.29 is 13.2 Å². The van der Waals surface area contributed by atoms with E-state index in [1.165, 1.54) is 23.3 Å². The van der Waals surface area contributed by atoms with Gasteiger partial charge < -0.3 is 4.74 Å². The molecule has 2 aromatic rings. The van der Waals surface area contributed by atoms with Crippen molar-refractivity contribution in [1.29, 1.82) is 0 Å². The Morgan fingerprint density at radius 2 is 1.62 bits per heavy atom. The minimum atomic E-state index is -3.68. The summed E-state index contributed by atoms with van der Waals surface area (Å²) in [6, 6.07) is 10.9. The second-order valence-corrected chi connectivity index (χ2v) is 6.82. The van der Waals surface area contributed by atoms with Gasteiger partial charge >= 0.3 is 0 Å². The van der Waals surface area contributed by atoms with E-state index in [0.29, 0.717) is 12.4 Å². The van der Waals surface area contributed by atoms with Gasteiger partial charge in [0.1, 0.15) is 12.4 Å². The third-order valence-corrected chi connectivity index (χ3v) is 4.06. The Kier molecular flexibility index (Phi) is 4.34. The lowest BCUT2D eigenvalue weighted by Crippen LogP contribution is -2.12. The fourth-order valence-corrected chi connectivity index (χ4v) is 2.87. The SMILES string of the molecule is Cc1cc(C)cc(COc2ccc(S(N)(=O)=O)cc2C)c1. The molecule has 0 saturated heterocycles. The highest BCUT2D eigenvalue weighted by atomic mass is 32.2. The minimum Gasteiger partial charge on any atom is -0.489 e. The van der Waals surface area contributed by atoms with E-state index in [-0.39, 0.29) is 4.90 Å². The maximum Gasteiger partial charge on any atom is 0.238 e. The number of sulfonamides is 1. The maximum absolute atomic E-state index is 11.3. The average molecular weight is 305 g/mol. The highest BCUT2D eigenvalue weighted by Gasteiger charge is 2.10. The number of primary sulfonamides is 1. The standard InChI is InChI=1S/C16H19NO3S/c1-11-6-12(2)8-14(7-11)10-20-16-5-4-15(9-13(16)3)21(17,18)19/h4-9H,10H2,1-3H3,(H2,17,18,19). The number of benzene rings is 2.